The molecule has 24 heavy (non-hydrogen) atoms. The van der Waals surface area contributed by atoms with Crippen LogP contribution in [-0.2, 0) is 0 Å². The number of nitrogens with zero attached hydrogens (tertiary/aromatic N) is 2. The molecule has 3 rings (SSSR count). The maximum Gasteiger partial charge on any atom is 0.129 e. The van der Waals surface area contributed by atoms with E-state index in [4.69, 9.17) is 16.9 Å². The monoisotopic (exact) mass is 336 g/mol. The highest BCUT2D eigenvalue weighted by atomic mass is 35.5. The van der Waals surface area contributed by atoms with Gasteiger partial charge in [-0.3, -0.25) is 0 Å². The number of benzene rings is 2. The predicted molar refractivity (Wildman–Crippen MR) is 95.9 cm³/mol. The van der Waals surface area contributed by atoms with E-state index in [1.165, 1.54) is 0 Å². The third-order valence-corrected chi connectivity index (χ3v) is 4.43. The van der Waals surface area contributed by atoms with Crippen LogP contribution in [0.4, 0.5) is 5.69 Å². The van der Waals surface area contributed by atoms with Crippen molar-refractivity contribution in [2.24, 2.45) is 0 Å². The highest BCUT2D eigenvalue weighted by Crippen LogP contribution is 2.26. The predicted octanol–water partition coefficient (Wildman–Crippen LogP) is 3.59. The minimum atomic E-state index is -0.980. The summed E-state index contributed by atoms with van der Waals surface area (Å²) >= 11 is 5.95. The molecule has 1 fully saturated rings. The van der Waals surface area contributed by atoms with Crippen LogP contribution >= 0.6 is 11.6 Å². The highest BCUT2D eigenvalue weighted by Gasteiger charge is 2.30. The van der Waals surface area contributed by atoms with Gasteiger partial charge in [-0.05, 0) is 36.4 Å². The molecule has 1 aliphatic rings. The van der Waals surface area contributed by atoms with Crippen molar-refractivity contribution in [1.82, 2.24) is 0 Å². The first kappa shape index (κ1) is 16.4. The van der Waals surface area contributed by atoms with Crippen LogP contribution in [0, 0.1) is 23.2 Å². The Bertz CT molecular complexity index is 836. The zero-order chi connectivity index (χ0) is 17.0. The average Bonchev–Trinajstić information content (AvgIpc) is 2.61. The van der Waals surface area contributed by atoms with Gasteiger partial charge < -0.3 is 10.0 Å². The third-order valence-electron chi connectivity index (χ3n) is 4.20. The van der Waals surface area contributed by atoms with E-state index in [0.717, 1.165) is 11.3 Å². The average molecular weight is 337 g/mol. The standard InChI is InChI=1S/C20H17ClN2O/c21-18-5-1-3-16(13-18)7-8-20(24)9-11-23(12-10-20)19-6-2-4-17(14-19)15-22/h1-6,13-14,24H,9-12H2. The number of hydrogen-bond donors (Lipinski definition) is 1. The summed E-state index contributed by atoms with van der Waals surface area (Å²) in [5.74, 6) is 6.03. The van der Waals surface area contributed by atoms with Crippen LogP contribution in [0.1, 0.15) is 24.0 Å². The molecule has 1 N–H and O–H groups in total. The Balaban J connectivity index is 1.69. The lowest BCUT2D eigenvalue weighted by molar-refractivity contribution is 0.0746. The molecule has 1 aliphatic heterocycles. The molecule has 0 amide bonds. The summed E-state index contributed by atoms with van der Waals surface area (Å²) in [6.07, 6.45) is 1.13. The second-order valence-electron chi connectivity index (χ2n) is 5.94. The topological polar surface area (TPSA) is 47.3 Å². The van der Waals surface area contributed by atoms with E-state index in [-0.39, 0.29) is 0 Å². The SMILES string of the molecule is N#Cc1cccc(N2CCC(O)(C#Cc3cccc(Cl)c3)CC2)c1. The van der Waals surface area contributed by atoms with Gasteiger partial charge in [0, 0.05) is 42.2 Å². The molecule has 0 bridgehead atoms. The Kier molecular flexibility index (Phi) is 4.76. The Hall–Kier alpha value is -2.46. The number of aliphatic hydroxyl groups is 1. The van der Waals surface area contributed by atoms with Gasteiger partial charge in [-0.15, -0.1) is 0 Å². The molecule has 0 unspecified atom stereocenters. The van der Waals surface area contributed by atoms with Gasteiger partial charge in [0.05, 0.1) is 11.6 Å². The molecule has 2 aromatic rings. The normalized spacial score (nSPS) is 16.0. The van der Waals surface area contributed by atoms with E-state index in [2.05, 4.69) is 22.8 Å². The first-order valence-electron chi connectivity index (χ1n) is 7.84. The lowest BCUT2D eigenvalue weighted by Crippen LogP contribution is -2.43. The molecule has 2 aromatic carbocycles. The molecule has 0 spiro atoms. The molecule has 0 atom stereocenters. The van der Waals surface area contributed by atoms with Crippen molar-refractivity contribution in [3.05, 3.63) is 64.7 Å². The fraction of sp³-hybridized carbons (Fsp3) is 0.250. The Labute approximate surface area is 147 Å². The number of hydrogen-bond acceptors (Lipinski definition) is 3. The van der Waals surface area contributed by atoms with E-state index >= 15 is 0 Å². The minimum Gasteiger partial charge on any atom is -0.377 e. The number of anilines is 1. The molecule has 0 radical (unpaired) electrons. The zero-order valence-corrected chi connectivity index (χ0v) is 13.9. The summed E-state index contributed by atoms with van der Waals surface area (Å²) in [6, 6.07) is 17.0. The van der Waals surface area contributed by atoms with Crippen molar-refractivity contribution in [2.45, 2.75) is 18.4 Å². The van der Waals surface area contributed by atoms with Crippen LogP contribution in [0.25, 0.3) is 0 Å². The van der Waals surface area contributed by atoms with Gasteiger partial charge in [-0.25, -0.2) is 0 Å². The first-order valence-corrected chi connectivity index (χ1v) is 8.22. The molecule has 1 saturated heterocycles. The Morgan fingerprint density at radius 1 is 1.04 bits per heavy atom. The van der Waals surface area contributed by atoms with Crippen molar-refractivity contribution in [3.63, 3.8) is 0 Å². The molecule has 0 aliphatic carbocycles. The van der Waals surface area contributed by atoms with Gasteiger partial charge in [-0.2, -0.15) is 5.26 Å². The number of halogens is 1. The van der Waals surface area contributed by atoms with Crippen LogP contribution in [0.3, 0.4) is 0 Å². The van der Waals surface area contributed by atoms with Crippen molar-refractivity contribution >= 4 is 17.3 Å². The summed E-state index contributed by atoms with van der Waals surface area (Å²) in [4.78, 5) is 2.18. The number of nitriles is 1. The summed E-state index contributed by atoms with van der Waals surface area (Å²) in [5, 5.41) is 20.3. The van der Waals surface area contributed by atoms with Gasteiger partial charge in [0.15, 0.2) is 0 Å². The van der Waals surface area contributed by atoms with E-state index in [1.807, 2.05) is 30.3 Å². The zero-order valence-electron chi connectivity index (χ0n) is 13.2. The molecule has 0 aromatic heterocycles. The van der Waals surface area contributed by atoms with Crippen molar-refractivity contribution in [1.29, 1.82) is 5.26 Å². The largest absolute Gasteiger partial charge is 0.377 e. The molecule has 120 valence electrons. The maximum atomic E-state index is 10.7. The van der Waals surface area contributed by atoms with Crippen molar-refractivity contribution in [2.75, 3.05) is 18.0 Å². The van der Waals surface area contributed by atoms with Gasteiger partial charge in [0.25, 0.3) is 0 Å². The number of rotatable bonds is 1. The van der Waals surface area contributed by atoms with Crippen LogP contribution in [0.2, 0.25) is 5.02 Å². The fourth-order valence-corrected chi connectivity index (χ4v) is 2.98. The van der Waals surface area contributed by atoms with Crippen LogP contribution in [-0.4, -0.2) is 23.8 Å². The van der Waals surface area contributed by atoms with Crippen LogP contribution in [0.15, 0.2) is 48.5 Å². The fourth-order valence-electron chi connectivity index (χ4n) is 2.79. The second kappa shape index (κ2) is 6.97. The summed E-state index contributed by atoms with van der Waals surface area (Å²) < 4.78 is 0. The van der Waals surface area contributed by atoms with Gasteiger partial charge in [-0.1, -0.05) is 35.6 Å². The lowest BCUT2D eigenvalue weighted by Gasteiger charge is -2.36. The van der Waals surface area contributed by atoms with E-state index in [9.17, 15) is 5.11 Å². The quantitative estimate of drug-likeness (QED) is 0.809. The third kappa shape index (κ3) is 3.89. The van der Waals surface area contributed by atoms with Gasteiger partial charge >= 0.3 is 0 Å². The number of piperidine rings is 1. The minimum absolute atomic E-state index is 0.567. The lowest BCUT2D eigenvalue weighted by atomic mass is 9.91. The van der Waals surface area contributed by atoms with Crippen molar-refractivity contribution < 1.29 is 5.11 Å². The molecular weight excluding hydrogens is 320 g/mol. The van der Waals surface area contributed by atoms with Gasteiger partial charge in [0.2, 0.25) is 0 Å². The van der Waals surface area contributed by atoms with E-state index in [1.54, 1.807) is 18.2 Å². The first-order chi connectivity index (χ1) is 11.6. The van der Waals surface area contributed by atoms with Crippen molar-refractivity contribution in [3.8, 4) is 17.9 Å². The highest BCUT2D eigenvalue weighted by molar-refractivity contribution is 6.30. The summed E-state index contributed by atoms with van der Waals surface area (Å²) in [6.45, 7) is 1.41. The summed E-state index contributed by atoms with van der Waals surface area (Å²) in [5.41, 5.74) is 1.49. The smallest absolute Gasteiger partial charge is 0.129 e. The molecule has 4 heteroatoms. The second-order valence-corrected chi connectivity index (χ2v) is 6.38. The molecule has 0 saturated carbocycles. The van der Waals surface area contributed by atoms with E-state index in [0.29, 0.717) is 36.5 Å². The Morgan fingerprint density at radius 2 is 1.75 bits per heavy atom. The maximum absolute atomic E-state index is 10.7. The summed E-state index contributed by atoms with van der Waals surface area (Å²) in [7, 11) is 0. The van der Waals surface area contributed by atoms with Gasteiger partial charge in [0.1, 0.15) is 5.60 Å². The van der Waals surface area contributed by atoms with Crippen LogP contribution < -0.4 is 4.90 Å². The molecular formula is C20H17ClN2O. The molecule has 1 heterocycles. The van der Waals surface area contributed by atoms with Crippen LogP contribution in [0.5, 0.6) is 0 Å². The molecule has 3 nitrogen and oxygen atoms in total. The van der Waals surface area contributed by atoms with E-state index < -0.39 is 5.60 Å². The Morgan fingerprint density at radius 3 is 2.46 bits per heavy atom.